The van der Waals surface area contributed by atoms with Crippen LogP contribution in [0.5, 0.6) is 0 Å². The molecule has 4 heteroatoms. The van der Waals surface area contributed by atoms with Crippen molar-refractivity contribution in [3.05, 3.63) is 28.8 Å². The molecule has 1 aromatic carbocycles. The van der Waals surface area contributed by atoms with E-state index in [0.717, 1.165) is 37.8 Å². The molecular weight excluding hydrogens is 250 g/mol. The molecule has 98 valence electrons. The normalized spacial score (nSPS) is 20.6. The first-order chi connectivity index (χ1) is 8.76. The van der Waals surface area contributed by atoms with Gasteiger partial charge in [0.15, 0.2) is 0 Å². The largest absolute Gasteiger partial charge is 0.394 e. The quantitative estimate of drug-likeness (QED) is 0.856. The lowest BCUT2D eigenvalue weighted by Crippen LogP contribution is -2.37. The average molecular weight is 268 g/mol. The third-order valence-electron chi connectivity index (χ3n) is 3.51. The first-order valence-electron chi connectivity index (χ1n) is 6.38. The van der Waals surface area contributed by atoms with Crippen LogP contribution in [0.15, 0.2) is 18.2 Å². The highest BCUT2D eigenvalue weighted by atomic mass is 35.5. The fraction of sp³-hybridized carbons (Fsp3) is 0.500. The predicted molar refractivity (Wildman–Crippen MR) is 73.5 cm³/mol. The molecule has 1 N–H and O–H groups in total. The highest BCUT2D eigenvalue weighted by Gasteiger charge is 2.22. The van der Waals surface area contributed by atoms with Crippen LogP contribution in [0.1, 0.15) is 36.0 Å². The number of hydrogen-bond acceptors (Lipinski definition) is 3. The summed E-state index contributed by atoms with van der Waals surface area (Å²) in [6.07, 6.45) is 5.23. The van der Waals surface area contributed by atoms with Crippen LogP contribution in [0.2, 0.25) is 5.02 Å². The van der Waals surface area contributed by atoms with Crippen LogP contribution in [0.3, 0.4) is 0 Å². The van der Waals surface area contributed by atoms with Crippen molar-refractivity contribution in [2.45, 2.75) is 31.7 Å². The van der Waals surface area contributed by atoms with Gasteiger partial charge in [0.25, 0.3) is 0 Å². The summed E-state index contributed by atoms with van der Waals surface area (Å²) in [7, 11) is 0. The van der Waals surface area contributed by atoms with Crippen molar-refractivity contribution in [2.24, 2.45) is 0 Å². The Labute approximate surface area is 112 Å². The van der Waals surface area contributed by atoms with Crippen LogP contribution >= 0.6 is 11.6 Å². The number of carbonyl (C=O) groups is 1. The summed E-state index contributed by atoms with van der Waals surface area (Å²) in [5.74, 6) is 0. The van der Waals surface area contributed by atoms with Gasteiger partial charge < -0.3 is 10.0 Å². The molecule has 0 aliphatic carbocycles. The molecule has 0 aromatic heterocycles. The van der Waals surface area contributed by atoms with Gasteiger partial charge in [0.1, 0.15) is 6.29 Å². The second-order valence-corrected chi connectivity index (χ2v) is 5.12. The number of rotatable bonds is 3. The van der Waals surface area contributed by atoms with Gasteiger partial charge in [-0.15, -0.1) is 0 Å². The zero-order chi connectivity index (χ0) is 13.0. The molecule has 0 radical (unpaired) electrons. The van der Waals surface area contributed by atoms with Gasteiger partial charge in [0.2, 0.25) is 0 Å². The molecule has 1 fully saturated rings. The lowest BCUT2D eigenvalue weighted by molar-refractivity contribution is 0.112. The summed E-state index contributed by atoms with van der Waals surface area (Å²) < 4.78 is 0. The SMILES string of the molecule is O=Cc1ccc(N2CCCCCC2CO)c(Cl)c1. The molecule has 1 saturated heterocycles. The van der Waals surface area contributed by atoms with Gasteiger partial charge in [0, 0.05) is 12.1 Å². The van der Waals surface area contributed by atoms with Crippen molar-refractivity contribution in [2.75, 3.05) is 18.1 Å². The Bertz CT molecular complexity index is 422. The van der Waals surface area contributed by atoms with Crippen LogP contribution in [0, 0.1) is 0 Å². The molecule has 1 aliphatic rings. The Kier molecular flexibility index (Phi) is 4.61. The highest BCUT2D eigenvalue weighted by molar-refractivity contribution is 6.33. The van der Waals surface area contributed by atoms with Crippen molar-refractivity contribution < 1.29 is 9.90 Å². The van der Waals surface area contributed by atoms with Crippen LogP contribution in [-0.4, -0.2) is 30.6 Å². The van der Waals surface area contributed by atoms with E-state index in [0.29, 0.717) is 10.6 Å². The van der Waals surface area contributed by atoms with Gasteiger partial charge in [-0.25, -0.2) is 0 Å². The Balaban J connectivity index is 2.29. The monoisotopic (exact) mass is 267 g/mol. The van der Waals surface area contributed by atoms with Crippen LogP contribution in [0.4, 0.5) is 5.69 Å². The minimum absolute atomic E-state index is 0.132. The Morgan fingerprint density at radius 3 is 2.89 bits per heavy atom. The number of benzene rings is 1. The van der Waals surface area contributed by atoms with E-state index in [1.165, 1.54) is 6.42 Å². The summed E-state index contributed by atoms with van der Waals surface area (Å²) in [4.78, 5) is 12.9. The Morgan fingerprint density at radius 1 is 1.39 bits per heavy atom. The molecule has 1 aromatic rings. The van der Waals surface area contributed by atoms with E-state index in [-0.39, 0.29) is 12.6 Å². The van der Waals surface area contributed by atoms with Crippen LogP contribution in [0.25, 0.3) is 0 Å². The number of anilines is 1. The lowest BCUT2D eigenvalue weighted by Gasteiger charge is -2.31. The zero-order valence-corrected chi connectivity index (χ0v) is 11.1. The van der Waals surface area contributed by atoms with Gasteiger partial charge in [-0.05, 0) is 31.0 Å². The second-order valence-electron chi connectivity index (χ2n) is 4.71. The molecule has 0 amide bonds. The molecule has 1 aliphatic heterocycles. The maximum Gasteiger partial charge on any atom is 0.150 e. The smallest absolute Gasteiger partial charge is 0.150 e. The molecule has 0 spiro atoms. The van der Waals surface area contributed by atoms with Gasteiger partial charge in [-0.3, -0.25) is 4.79 Å². The van der Waals surface area contributed by atoms with Crippen molar-refractivity contribution in [1.29, 1.82) is 0 Å². The minimum atomic E-state index is 0.132. The van der Waals surface area contributed by atoms with Crippen molar-refractivity contribution >= 4 is 23.6 Å². The molecular formula is C14H18ClNO2. The number of aliphatic hydroxyl groups is 1. The van der Waals surface area contributed by atoms with Gasteiger partial charge in [-0.2, -0.15) is 0 Å². The molecule has 1 heterocycles. The van der Waals surface area contributed by atoms with Gasteiger partial charge in [0.05, 0.1) is 23.4 Å². The Hall–Kier alpha value is -1.06. The summed E-state index contributed by atoms with van der Waals surface area (Å²) >= 11 is 6.23. The standard InChI is InChI=1S/C14H18ClNO2/c15-13-8-11(9-17)5-6-14(13)16-7-3-1-2-4-12(16)10-18/h5-6,8-9,12,18H,1-4,7,10H2. The zero-order valence-electron chi connectivity index (χ0n) is 10.3. The van der Waals surface area contributed by atoms with Gasteiger partial charge >= 0.3 is 0 Å². The number of hydrogen-bond donors (Lipinski definition) is 1. The van der Waals surface area contributed by atoms with Crippen molar-refractivity contribution in [1.82, 2.24) is 0 Å². The van der Waals surface area contributed by atoms with E-state index in [4.69, 9.17) is 11.6 Å². The van der Waals surface area contributed by atoms with Crippen LogP contribution < -0.4 is 4.90 Å². The fourth-order valence-electron chi connectivity index (χ4n) is 2.51. The number of nitrogens with zero attached hydrogens (tertiary/aromatic N) is 1. The van der Waals surface area contributed by atoms with Crippen molar-refractivity contribution in [3.8, 4) is 0 Å². The third-order valence-corrected chi connectivity index (χ3v) is 3.81. The molecule has 2 rings (SSSR count). The first kappa shape index (κ1) is 13.4. The fourth-order valence-corrected chi connectivity index (χ4v) is 2.81. The number of carbonyl (C=O) groups excluding carboxylic acids is 1. The molecule has 1 unspecified atom stereocenters. The van der Waals surface area contributed by atoms with E-state index in [1.54, 1.807) is 12.1 Å². The topological polar surface area (TPSA) is 40.5 Å². The van der Waals surface area contributed by atoms with E-state index < -0.39 is 0 Å². The maximum atomic E-state index is 10.7. The molecule has 0 saturated carbocycles. The summed E-state index contributed by atoms with van der Waals surface area (Å²) in [5, 5.41) is 10.1. The second kappa shape index (κ2) is 6.21. The summed E-state index contributed by atoms with van der Waals surface area (Å²) in [6.45, 7) is 1.05. The van der Waals surface area contributed by atoms with E-state index in [9.17, 15) is 9.90 Å². The number of aldehydes is 1. The lowest BCUT2D eigenvalue weighted by atomic mass is 10.1. The molecule has 0 bridgehead atoms. The van der Waals surface area contributed by atoms with E-state index in [1.807, 2.05) is 6.07 Å². The average Bonchev–Trinajstić information content (AvgIpc) is 2.63. The maximum absolute atomic E-state index is 10.7. The summed E-state index contributed by atoms with van der Waals surface area (Å²) in [6, 6.07) is 5.46. The Morgan fingerprint density at radius 2 is 2.22 bits per heavy atom. The molecule has 18 heavy (non-hydrogen) atoms. The van der Waals surface area contributed by atoms with Gasteiger partial charge in [-0.1, -0.05) is 24.4 Å². The van der Waals surface area contributed by atoms with E-state index >= 15 is 0 Å². The first-order valence-corrected chi connectivity index (χ1v) is 6.76. The van der Waals surface area contributed by atoms with E-state index in [2.05, 4.69) is 4.90 Å². The highest BCUT2D eigenvalue weighted by Crippen LogP contribution is 2.31. The van der Waals surface area contributed by atoms with Crippen molar-refractivity contribution in [3.63, 3.8) is 0 Å². The molecule has 1 atom stereocenters. The van der Waals surface area contributed by atoms with Crippen LogP contribution in [-0.2, 0) is 0 Å². The minimum Gasteiger partial charge on any atom is -0.394 e. The predicted octanol–water partition coefficient (Wildman–Crippen LogP) is 2.89. The number of halogens is 1. The number of aliphatic hydroxyl groups excluding tert-OH is 1. The molecule has 3 nitrogen and oxygen atoms in total. The third kappa shape index (κ3) is 2.85. The summed E-state index contributed by atoms with van der Waals surface area (Å²) in [5.41, 5.74) is 1.50.